The van der Waals surface area contributed by atoms with Crippen LogP contribution in [0.2, 0.25) is 0 Å². The summed E-state index contributed by atoms with van der Waals surface area (Å²) >= 11 is 0. The van der Waals surface area contributed by atoms with Crippen LogP contribution in [-0.4, -0.2) is 81.3 Å². The van der Waals surface area contributed by atoms with E-state index in [1.54, 1.807) is 12.4 Å². The Kier molecular flexibility index (Phi) is 12.3. The van der Waals surface area contributed by atoms with Crippen molar-refractivity contribution in [2.75, 3.05) is 6.54 Å². The van der Waals surface area contributed by atoms with Gasteiger partial charge in [-0.1, -0.05) is 36.4 Å². The zero-order valence-corrected chi connectivity index (χ0v) is 26.8. The smallest absolute Gasteiger partial charge is 0.326 e. The van der Waals surface area contributed by atoms with Crippen molar-refractivity contribution >= 4 is 57.4 Å². The Balaban J connectivity index is 1.61. The molecule has 0 aliphatic carbocycles. The van der Waals surface area contributed by atoms with Gasteiger partial charge in [-0.05, 0) is 42.5 Å². The van der Waals surface area contributed by atoms with E-state index in [0.717, 1.165) is 21.8 Å². The minimum Gasteiger partial charge on any atom is -0.480 e. The summed E-state index contributed by atoms with van der Waals surface area (Å²) in [6.45, 7) is 0.161. The number of carbonyl (C=O) groups is 5. The Morgan fingerprint density at radius 1 is 0.714 bits per heavy atom. The van der Waals surface area contributed by atoms with Crippen LogP contribution in [0.1, 0.15) is 36.8 Å². The number of aliphatic imine (C=N–C) groups is 1. The fourth-order valence-corrected chi connectivity index (χ4v) is 5.47. The third-order valence-electron chi connectivity index (χ3n) is 8.06. The Morgan fingerprint density at radius 2 is 1.20 bits per heavy atom. The molecule has 0 saturated heterocycles. The van der Waals surface area contributed by atoms with Crippen LogP contribution >= 0.6 is 0 Å². The van der Waals surface area contributed by atoms with Gasteiger partial charge in [0.05, 0.1) is 6.04 Å². The van der Waals surface area contributed by atoms with Crippen molar-refractivity contribution in [1.82, 2.24) is 25.9 Å². The number of primary amides is 1. The molecule has 0 fully saturated rings. The van der Waals surface area contributed by atoms with Gasteiger partial charge in [-0.25, -0.2) is 4.79 Å². The third-order valence-corrected chi connectivity index (χ3v) is 8.06. The maximum atomic E-state index is 14.0. The van der Waals surface area contributed by atoms with Crippen LogP contribution in [0.15, 0.2) is 65.9 Å². The van der Waals surface area contributed by atoms with Gasteiger partial charge in [0.15, 0.2) is 5.96 Å². The molecule has 16 nitrogen and oxygen atoms in total. The normalized spacial score (nSPS) is 13.6. The largest absolute Gasteiger partial charge is 0.480 e. The van der Waals surface area contributed by atoms with E-state index in [2.05, 4.69) is 30.9 Å². The predicted molar refractivity (Wildman–Crippen MR) is 184 cm³/mol. The number of carboxylic acid groups (broad SMARTS) is 1. The number of aromatic nitrogens is 2. The number of rotatable bonds is 18. The lowest BCUT2D eigenvalue weighted by Gasteiger charge is -2.25. The number of fused-ring (bicyclic) bond motifs is 2. The highest BCUT2D eigenvalue weighted by molar-refractivity contribution is 5.95. The molecule has 260 valence electrons. The highest BCUT2D eigenvalue weighted by atomic mass is 16.4. The monoisotopic (exact) mass is 674 g/mol. The highest BCUT2D eigenvalue weighted by Crippen LogP contribution is 2.21. The molecule has 0 bridgehead atoms. The molecule has 0 saturated carbocycles. The molecular formula is C33H42N10O6. The van der Waals surface area contributed by atoms with Gasteiger partial charge < -0.3 is 54.0 Å². The number of nitrogens with one attached hydrogen (secondary N) is 5. The molecule has 4 unspecified atom stereocenters. The number of hydrogen-bond donors (Lipinski definition) is 10. The van der Waals surface area contributed by atoms with Gasteiger partial charge in [0.2, 0.25) is 23.6 Å². The maximum Gasteiger partial charge on any atom is 0.326 e. The van der Waals surface area contributed by atoms with E-state index in [1.165, 1.54) is 0 Å². The molecule has 0 radical (unpaired) electrons. The van der Waals surface area contributed by atoms with Crippen molar-refractivity contribution in [2.45, 2.75) is 62.7 Å². The van der Waals surface area contributed by atoms with Crippen molar-refractivity contribution in [3.05, 3.63) is 72.1 Å². The minimum atomic E-state index is -1.30. The molecule has 4 amide bonds. The summed E-state index contributed by atoms with van der Waals surface area (Å²) in [7, 11) is 0. The Morgan fingerprint density at radius 3 is 1.69 bits per heavy atom. The zero-order valence-electron chi connectivity index (χ0n) is 26.8. The number of carbonyl (C=O) groups excluding carboxylic acids is 4. The van der Waals surface area contributed by atoms with Crippen LogP contribution in [0.4, 0.5) is 0 Å². The highest BCUT2D eigenvalue weighted by Gasteiger charge is 2.31. The summed E-state index contributed by atoms with van der Waals surface area (Å²) in [5.74, 6) is -4.18. The SMILES string of the molecule is NC(=O)CCC(N)C(=O)NC(Cc1c[nH]c2ccccc12)C(=O)NC(Cc1c[nH]c2ccccc12)C(=O)NC(CCCN=C(N)N)C(=O)O. The second-order valence-electron chi connectivity index (χ2n) is 11.7. The Bertz CT molecular complexity index is 1830. The number of aliphatic carboxylic acids is 1. The van der Waals surface area contributed by atoms with Gasteiger partial charge in [0.1, 0.15) is 18.1 Å². The topological polar surface area (TPSA) is 290 Å². The number of hydrogen-bond acceptors (Lipinski definition) is 7. The number of para-hydroxylation sites is 2. The number of amides is 4. The average Bonchev–Trinajstić information content (AvgIpc) is 3.67. The van der Waals surface area contributed by atoms with Gasteiger partial charge in [-0.3, -0.25) is 24.2 Å². The first-order valence-corrected chi connectivity index (χ1v) is 15.8. The maximum absolute atomic E-state index is 14.0. The molecule has 49 heavy (non-hydrogen) atoms. The van der Waals surface area contributed by atoms with E-state index < -0.39 is 53.8 Å². The van der Waals surface area contributed by atoms with Crippen LogP contribution in [0.25, 0.3) is 21.8 Å². The fourth-order valence-electron chi connectivity index (χ4n) is 5.47. The van der Waals surface area contributed by atoms with Crippen molar-refractivity contribution in [1.29, 1.82) is 0 Å². The van der Waals surface area contributed by atoms with Gasteiger partial charge in [0.25, 0.3) is 0 Å². The molecule has 2 aromatic heterocycles. The number of aromatic amines is 2. The number of H-pyrrole nitrogens is 2. The lowest BCUT2D eigenvalue weighted by molar-refractivity contribution is -0.142. The molecule has 16 heteroatoms. The van der Waals surface area contributed by atoms with Crippen LogP contribution in [0.5, 0.6) is 0 Å². The summed E-state index contributed by atoms with van der Waals surface area (Å²) in [5, 5.41) is 19.4. The van der Waals surface area contributed by atoms with E-state index in [9.17, 15) is 29.1 Å². The summed E-state index contributed by atoms with van der Waals surface area (Å²) in [4.78, 5) is 74.4. The first kappa shape index (κ1) is 35.9. The lowest BCUT2D eigenvalue weighted by Crippen LogP contribution is -2.58. The predicted octanol–water partition coefficient (Wildman–Crippen LogP) is -0.380. The molecule has 4 rings (SSSR count). The summed E-state index contributed by atoms with van der Waals surface area (Å²) in [6, 6.07) is 9.92. The molecule has 2 heterocycles. The van der Waals surface area contributed by atoms with E-state index in [1.807, 2.05) is 48.5 Å². The van der Waals surface area contributed by atoms with Crippen molar-refractivity contribution in [3.63, 3.8) is 0 Å². The molecule has 14 N–H and O–H groups in total. The van der Waals surface area contributed by atoms with E-state index in [4.69, 9.17) is 22.9 Å². The molecule has 4 atom stereocenters. The summed E-state index contributed by atoms with van der Waals surface area (Å²) in [5.41, 5.74) is 25.0. The molecule has 0 spiro atoms. The van der Waals surface area contributed by atoms with E-state index >= 15 is 0 Å². The second kappa shape index (κ2) is 16.8. The molecular weight excluding hydrogens is 632 g/mol. The van der Waals surface area contributed by atoms with E-state index in [-0.39, 0.29) is 51.0 Å². The molecule has 2 aromatic carbocycles. The van der Waals surface area contributed by atoms with Crippen LogP contribution in [0.3, 0.4) is 0 Å². The number of nitrogens with zero attached hydrogens (tertiary/aromatic N) is 1. The second-order valence-corrected chi connectivity index (χ2v) is 11.7. The quantitative estimate of drug-likeness (QED) is 0.0373. The Labute approximate surface area is 281 Å². The van der Waals surface area contributed by atoms with Gasteiger partial charge >= 0.3 is 5.97 Å². The summed E-state index contributed by atoms with van der Waals surface area (Å²) < 4.78 is 0. The molecule has 4 aromatic rings. The van der Waals surface area contributed by atoms with Crippen molar-refractivity contribution < 1.29 is 29.1 Å². The van der Waals surface area contributed by atoms with Gasteiger partial charge in [-0.2, -0.15) is 0 Å². The average molecular weight is 675 g/mol. The van der Waals surface area contributed by atoms with Crippen LogP contribution in [-0.2, 0) is 36.8 Å². The Hall–Kier alpha value is -5.90. The first-order chi connectivity index (χ1) is 23.4. The lowest BCUT2D eigenvalue weighted by atomic mass is 10.0. The number of nitrogens with two attached hydrogens (primary N) is 4. The summed E-state index contributed by atoms with van der Waals surface area (Å²) in [6.07, 6.45) is 3.58. The van der Waals surface area contributed by atoms with Crippen molar-refractivity contribution in [3.8, 4) is 0 Å². The van der Waals surface area contributed by atoms with Crippen LogP contribution < -0.4 is 38.9 Å². The molecule has 0 aliphatic heterocycles. The fraction of sp³-hybridized carbons (Fsp3) is 0.333. The number of carboxylic acids is 1. The third kappa shape index (κ3) is 10.0. The number of guanidine groups is 1. The zero-order chi connectivity index (χ0) is 35.5. The standard InChI is InChI=1S/C33H42N10O6/c34-22(11-12-28(35)44)29(45)42-26(14-18-16-39-23-8-3-1-6-20(18)23)31(47)43-27(15-19-17-40-24-9-4-2-7-21(19)24)30(46)41-25(32(48)49)10-5-13-38-33(36)37/h1-4,6-9,16-17,22,25-27,39-40H,5,10-15,34H2,(H2,35,44)(H,41,46)(H,42,45)(H,43,47)(H,48,49)(H4,36,37,38). The van der Waals surface area contributed by atoms with Gasteiger partial charge in [-0.15, -0.1) is 0 Å². The first-order valence-electron chi connectivity index (χ1n) is 15.8. The van der Waals surface area contributed by atoms with Crippen LogP contribution in [0, 0.1) is 0 Å². The molecule has 0 aliphatic rings. The minimum absolute atomic E-state index is 0.00615. The number of benzene rings is 2. The van der Waals surface area contributed by atoms with Crippen molar-refractivity contribution in [2.24, 2.45) is 27.9 Å². The van der Waals surface area contributed by atoms with Gasteiger partial charge in [0, 0.05) is 60.0 Å². The van der Waals surface area contributed by atoms with E-state index in [0.29, 0.717) is 11.1 Å².